The Labute approximate surface area is 93.1 Å². The fourth-order valence-electron chi connectivity index (χ4n) is 1.03. The van der Waals surface area contributed by atoms with Crippen LogP contribution in [0.15, 0.2) is 18.2 Å². The van der Waals surface area contributed by atoms with Crippen LogP contribution >= 0.6 is 11.3 Å². The first-order chi connectivity index (χ1) is 7.67. The van der Waals surface area contributed by atoms with Gasteiger partial charge in [0.2, 0.25) is 0 Å². The zero-order chi connectivity index (χ0) is 11.5. The molecule has 0 amide bonds. The monoisotopic (exact) mass is 244 g/mol. The molecular formula is C9H6F2N2O2S. The second kappa shape index (κ2) is 4.50. The molecule has 7 heteroatoms. The first-order valence-corrected chi connectivity index (χ1v) is 5.06. The van der Waals surface area contributed by atoms with Crippen LogP contribution in [0.1, 0.15) is 5.01 Å². The van der Waals surface area contributed by atoms with Crippen molar-refractivity contribution in [2.75, 3.05) is 0 Å². The molecule has 0 saturated heterocycles. The van der Waals surface area contributed by atoms with Gasteiger partial charge in [0.15, 0.2) is 0 Å². The van der Waals surface area contributed by atoms with Gasteiger partial charge in [0.1, 0.15) is 22.4 Å². The molecule has 0 aliphatic carbocycles. The van der Waals surface area contributed by atoms with Crippen LogP contribution in [0, 0.1) is 11.6 Å². The summed E-state index contributed by atoms with van der Waals surface area (Å²) in [7, 11) is 0. The van der Waals surface area contributed by atoms with Gasteiger partial charge in [-0.1, -0.05) is 16.4 Å². The van der Waals surface area contributed by atoms with Gasteiger partial charge in [0, 0.05) is 18.2 Å². The van der Waals surface area contributed by atoms with Crippen molar-refractivity contribution in [2.45, 2.75) is 6.61 Å². The molecule has 0 atom stereocenters. The maximum Gasteiger partial charge on any atom is 0.299 e. The summed E-state index contributed by atoms with van der Waals surface area (Å²) in [5, 5.41) is 16.4. The summed E-state index contributed by atoms with van der Waals surface area (Å²) in [6.45, 7) is -0.251. The predicted molar refractivity (Wildman–Crippen MR) is 52.3 cm³/mol. The van der Waals surface area contributed by atoms with Crippen molar-refractivity contribution in [3.05, 3.63) is 34.8 Å². The lowest BCUT2D eigenvalue weighted by atomic mass is 10.3. The molecule has 0 fully saturated rings. The van der Waals surface area contributed by atoms with Crippen molar-refractivity contribution in [3.63, 3.8) is 0 Å². The number of hydrogen-bond donors (Lipinski definition) is 1. The van der Waals surface area contributed by atoms with Crippen molar-refractivity contribution in [3.8, 4) is 10.9 Å². The minimum Gasteiger partial charge on any atom is -0.430 e. The number of aromatic nitrogens is 2. The van der Waals surface area contributed by atoms with E-state index in [0.29, 0.717) is 5.01 Å². The van der Waals surface area contributed by atoms with E-state index in [1.54, 1.807) is 0 Å². The van der Waals surface area contributed by atoms with Crippen molar-refractivity contribution >= 4 is 11.3 Å². The molecular weight excluding hydrogens is 238 g/mol. The Morgan fingerprint density at radius 1 is 1.19 bits per heavy atom. The molecule has 4 nitrogen and oxygen atoms in total. The topological polar surface area (TPSA) is 55.2 Å². The van der Waals surface area contributed by atoms with E-state index >= 15 is 0 Å². The molecule has 1 N–H and O–H groups in total. The lowest BCUT2D eigenvalue weighted by Gasteiger charge is -2.00. The van der Waals surface area contributed by atoms with Gasteiger partial charge >= 0.3 is 0 Å². The summed E-state index contributed by atoms with van der Waals surface area (Å²) < 4.78 is 30.7. The Morgan fingerprint density at radius 3 is 2.44 bits per heavy atom. The number of hydrogen-bond acceptors (Lipinski definition) is 5. The Morgan fingerprint density at radius 2 is 1.88 bits per heavy atom. The lowest BCUT2D eigenvalue weighted by Crippen LogP contribution is -1.86. The van der Waals surface area contributed by atoms with Crippen LogP contribution in [0.25, 0.3) is 0 Å². The predicted octanol–water partition coefficient (Wildman–Crippen LogP) is 2.10. The average Bonchev–Trinajstić information content (AvgIpc) is 2.64. The van der Waals surface area contributed by atoms with Crippen molar-refractivity contribution in [2.24, 2.45) is 0 Å². The first-order valence-electron chi connectivity index (χ1n) is 4.24. The summed E-state index contributed by atoms with van der Waals surface area (Å²) in [5.74, 6) is -1.47. The second-order valence-corrected chi connectivity index (χ2v) is 3.85. The van der Waals surface area contributed by atoms with Gasteiger partial charge in [0.25, 0.3) is 5.19 Å². The van der Waals surface area contributed by atoms with Crippen molar-refractivity contribution in [1.82, 2.24) is 10.2 Å². The average molecular weight is 244 g/mol. The standard InChI is InChI=1S/C9H6F2N2O2S/c10-5-1-6(11)3-7(2-5)15-9-13-12-8(4-14)16-9/h1-3,14H,4H2. The van der Waals surface area contributed by atoms with Gasteiger partial charge in [-0.05, 0) is 0 Å². The summed E-state index contributed by atoms with van der Waals surface area (Å²) >= 11 is 1.00. The van der Waals surface area contributed by atoms with Gasteiger partial charge in [-0.15, -0.1) is 5.10 Å². The number of nitrogens with zero attached hydrogens (tertiary/aromatic N) is 2. The molecule has 0 unspecified atom stereocenters. The molecule has 0 aliphatic rings. The fourth-order valence-corrected chi connectivity index (χ4v) is 1.60. The summed E-state index contributed by atoms with van der Waals surface area (Å²) in [6, 6.07) is 2.80. The zero-order valence-electron chi connectivity index (χ0n) is 7.85. The SMILES string of the molecule is OCc1nnc(Oc2cc(F)cc(F)c2)s1. The Bertz CT molecular complexity index is 484. The number of halogens is 2. The quantitative estimate of drug-likeness (QED) is 0.898. The van der Waals surface area contributed by atoms with Crippen LogP contribution in [0.4, 0.5) is 8.78 Å². The van der Waals surface area contributed by atoms with Crippen LogP contribution < -0.4 is 4.74 Å². The zero-order valence-corrected chi connectivity index (χ0v) is 8.67. The normalized spacial score (nSPS) is 10.4. The molecule has 0 bridgehead atoms. The van der Waals surface area contributed by atoms with E-state index < -0.39 is 11.6 Å². The number of ether oxygens (including phenoxy) is 1. The fraction of sp³-hybridized carbons (Fsp3) is 0.111. The molecule has 0 saturated carbocycles. The van der Waals surface area contributed by atoms with E-state index in [9.17, 15) is 8.78 Å². The van der Waals surface area contributed by atoms with Crippen LogP contribution in [-0.2, 0) is 6.61 Å². The number of aliphatic hydroxyl groups is 1. The van der Waals surface area contributed by atoms with E-state index in [2.05, 4.69) is 10.2 Å². The van der Waals surface area contributed by atoms with Crippen molar-refractivity contribution in [1.29, 1.82) is 0 Å². The third-order valence-corrected chi connectivity index (χ3v) is 2.41. The highest BCUT2D eigenvalue weighted by Gasteiger charge is 2.07. The highest BCUT2D eigenvalue weighted by Crippen LogP contribution is 2.26. The molecule has 1 aromatic heterocycles. The summed E-state index contributed by atoms with van der Waals surface area (Å²) in [5.41, 5.74) is 0. The second-order valence-electron chi connectivity index (χ2n) is 2.83. The highest BCUT2D eigenvalue weighted by molar-refractivity contribution is 7.13. The van der Waals surface area contributed by atoms with Gasteiger partial charge < -0.3 is 9.84 Å². The molecule has 84 valence electrons. The van der Waals surface area contributed by atoms with E-state index in [1.807, 2.05) is 0 Å². The minimum atomic E-state index is -0.734. The number of aliphatic hydroxyl groups excluding tert-OH is 1. The first kappa shape index (κ1) is 10.9. The van der Waals surface area contributed by atoms with Crippen LogP contribution in [0.2, 0.25) is 0 Å². The third-order valence-electron chi connectivity index (χ3n) is 1.62. The lowest BCUT2D eigenvalue weighted by molar-refractivity contribution is 0.280. The van der Waals surface area contributed by atoms with Crippen LogP contribution in [0.3, 0.4) is 0 Å². The Hall–Kier alpha value is -1.60. The molecule has 1 heterocycles. The van der Waals surface area contributed by atoms with Gasteiger partial charge in [-0.2, -0.15) is 0 Å². The summed E-state index contributed by atoms with van der Waals surface area (Å²) in [6.07, 6.45) is 0. The molecule has 0 aliphatic heterocycles. The third kappa shape index (κ3) is 2.50. The van der Waals surface area contributed by atoms with Crippen LogP contribution in [0.5, 0.6) is 10.9 Å². The van der Waals surface area contributed by atoms with E-state index in [1.165, 1.54) is 0 Å². The van der Waals surface area contributed by atoms with Gasteiger partial charge in [0.05, 0.1) is 6.61 Å². The minimum absolute atomic E-state index is 0.00172. The summed E-state index contributed by atoms with van der Waals surface area (Å²) in [4.78, 5) is 0. The Balaban J connectivity index is 2.19. The van der Waals surface area contributed by atoms with Crippen LogP contribution in [-0.4, -0.2) is 15.3 Å². The van der Waals surface area contributed by atoms with E-state index in [4.69, 9.17) is 9.84 Å². The van der Waals surface area contributed by atoms with E-state index in [-0.39, 0.29) is 17.6 Å². The maximum atomic E-state index is 12.8. The largest absolute Gasteiger partial charge is 0.430 e. The number of rotatable bonds is 3. The van der Waals surface area contributed by atoms with Gasteiger partial charge in [-0.3, -0.25) is 0 Å². The molecule has 0 spiro atoms. The van der Waals surface area contributed by atoms with Gasteiger partial charge in [-0.25, -0.2) is 8.78 Å². The number of benzene rings is 1. The maximum absolute atomic E-state index is 12.8. The smallest absolute Gasteiger partial charge is 0.299 e. The van der Waals surface area contributed by atoms with E-state index in [0.717, 1.165) is 29.5 Å². The highest BCUT2D eigenvalue weighted by atomic mass is 32.1. The molecule has 2 rings (SSSR count). The molecule has 1 aromatic carbocycles. The Kier molecular flexibility index (Phi) is 3.07. The van der Waals surface area contributed by atoms with Crippen molar-refractivity contribution < 1.29 is 18.6 Å². The molecule has 2 aromatic rings. The molecule has 16 heavy (non-hydrogen) atoms. The molecule has 0 radical (unpaired) electrons.